The van der Waals surface area contributed by atoms with Crippen LogP contribution in [0.2, 0.25) is 0 Å². The molecule has 3 N–H and O–H groups in total. The van der Waals surface area contributed by atoms with Crippen molar-refractivity contribution in [2.24, 2.45) is 10.7 Å². The smallest absolute Gasteiger partial charge is 0.188 e. The molecule has 1 saturated heterocycles. The number of ether oxygens (including phenoxy) is 1. The zero-order valence-electron chi connectivity index (χ0n) is 13.8. The average molecular weight is 316 g/mol. The number of aliphatic imine (C=N–C) groups is 1. The van der Waals surface area contributed by atoms with Gasteiger partial charge in [-0.15, -0.1) is 0 Å². The zero-order chi connectivity index (χ0) is 16.0. The molecule has 0 aromatic heterocycles. The summed E-state index contributed by atoms with van der Waals surface area (Å²) >= 11 is 0. The second kappa shape index (κ2) is 7.79. The fraction of sp³-hybridized carbons (Fsp3) is 0.611. The molecule has 2 fully saturated rings. The second-order valence-corrected chi connectivity index (χ2v) is 6.58. The summed E-state index contributed by atoms with van der Waals surface area (Å²) in [6.07, 6.45) is 3.51. The minimum atomic E-state index is 0.237. The van der Waals surface area contributed by atoms with Crippen molar-refractivity contribution in [2.75, 3.05) is 45.9 Å². The molecular formula is C18H28N4O. The third-order valence-electron chi connectivity index (χ3n) is 4.85. The van der Waals surface area contributed by atoms with E-state index in [1.165, 1.54) is 18.4 Å². The highest BCUT2D eigenvalue weighted by Gasteiger charge is 2.43. The number of nitrogens with zero attached hydrogens (tertiary/aromatic N) is 2. The number of morpholine rings is 1. The number of nitrogens with one attached hydrogen (secondary N) is 1. The van der Waals surface area contributed by atoms with Crippen LogP contribution >= 0.6 is 0 Å². The lowest BCUT2D eigenvalue weighted by Crippen LogP contribution is -2.39. The Morgan fingerprint density at radius 2 is 1.96 bits per heavy atom. The third kappa shape index (κ3) is 4.69. The monoisotopic (exact) mass is 316 g/mol. The maximum Gasteiger partial charge on any atom is 0.188 e. The Bertz CT molecular complexity index is 507. The first-order valence-electron chi connectivity index (χ1n) is 8.68. The van der Waals surface area contributed by atoms with Crippen LogP contribution in [0.4, 0.5) is 0 Å². The third-order valence-corrected chi connectivity index (χ3v) is 4.85. The number of hydrogen-bond acceptors (Lipinski definition) is 3. The van der Waals surface area contributed by atoms with E-state index in [0.29, 0.717) is 5.96 Å². The Morgan fingerprint density at radius 3 is 2.65 bits per heavy atom. The minimum absolute atomic E-state index is 0.237. The lowest BCUT2D eigenvalue weighted by molar-refractivity contribution is 0.0376. The fourth-order valence-electron chi connectivity index (χ4n) is 3.12. The van der Waals surface area contributed by atoms with E-state index in [2.05, 4.69) is 45.5 Å². The van der Waals surface area contributed by atoms with E-state index in [1.54, 1.807) is 0 Å². The van der Waals surface area contributed by atoms with Gasteiger partial charge in [-0.25, -0.2) is 0 Å². The molecule has 0 bridgehead atoms. The molecule has 3 rings (SSSR count). The van der Waals surface area contributed by atoms with E-state index < -0.39 is 0 Å². The van der Waals surface area contributed by atoms with Gasteiger partial charge in [0.1, 0.15) is 0 Å². The quantitative estimate of drug-likeness (QED) is 0.453. The van der Waals surface area contributed by atoms with Gasteiger partial charge >= 0.3 is 0 Å². The van der Waals surface area contributed by atoms with E-state index >= 15 is 0 Å². The van der Waals surface area contributed by atoms with Crippen LogP contribution in [-0.4, -0.2) is 56.8 Å². The molecule has 0 amide bonds. The molecule has 1 aliphatic heterocycles. The minimum Gasteiger partial charge on any atom is -0.379 e. The van der Waals surface area contributed by atoms with E-state index in [0.717, 1.165) is 52.4 Å². The van der Waals surface area contributed by atoms with Crippen LogP contribution in [0.5, 0.6) is 0 Å². The van der Waals surface area contributed by atoms with E-state index in [-0.39, 0.29) is 5.41 Å². The Hall–Kier alpha value is -1.59. The molecule has 23 heavy (non-hydrogen) atoms. The summed E-state index contributed by atoms with van der Waals surface area (Å²) in [5, 5.41) is 3.24. The molecule has 0 radical (unpaired) electrons. The van der Waals surface area contributed by atoms with Crippen LogP contribution < -0.4 is 11.1 Å². The SMILES string of the molecule is NC(=NCC1(c2ccccc2)CC1)NCCCN1CCOCC1. The first-order valence-corrected chi connectivity index (χ1v) is 8.68. The lowest BCUT2D eigenvalue weighted by Gasteiger charge is -2.26. The van der Waals surface area contributed by atoms with Crippen LogP contribution in [0.1, 0.15) is 24.8 Å². The Labute approximate surface area is 138 Å². The first kappa shape index (κ1) is 16.3. The van der Waals surface area contributed by atoms with Crippen LogP contribution in [-0.2, 0) is 10.2 Å². The van der Waals surface area contributed by atoms with Crippen molar-refractivity contribution >= 4 is 5.96 Å². The Kier molecular flexibility index (Phi) is 5.51. The first-order chi connectivity index (χ1) is 11.3. The molecule has 1 aliphatic carbocycles. The molecule has 1 saturated carbocycles. The highest BCUT2D eigenvalue weighted by molar-refractivity contribution is 5.77. The number of rotatable bonds is 7. The molecule has 126 valence electrons. The number of nitrogens with two attached hydrogens (primary N) is 1. The van der Waals surface area contributed by atoms with E-state index in [4.69, 9.17) is 10.5 Å². The number of hydrogen-bond donors (Lipinski definition) is 2. The van der Waals surface area contributed by atoms with Gasteiger partial charge in [0.15, 0.2) is 5.96 Å². The topological polar surface area (TPSA) is 62.9 Å². The van der Waals surface area contributed by atoms with E-state index in [9.17, 15) is 0 Å². The van der Waals surface area contributed by atoms with E-state index in [1.807, 2.05) is 0 Å². The number of guanidine groups is 1. The summed E-state index contributed by atoms with van der Waals surface area (Å²) in [6.45, 7) is 6.57. The van der Waals surface area contributed by atoms with Crippen molar-refractivity contribution in [3.8, 4) is 0 Å². The van der Waals surface area contributed by atoms with Gasteiger partial charge in [-0.2, -0.15) is 0 Å². The molecule has 1 aromatic rings. The maximum absolute atomic E-state index is 6.01. The van der Waals surface area contributed by atoms with Gasteiger partial charge in [-0.3, -0.25) is 9.89 Å². The molecule has 5 nitrogen and oxygen atoms in total. The second-order valence-electron chi connectivity index (χ2n) is 6.58. The molecular weight excluding hydrogens is 288 g/mol. The van der Waals surface area contributed by atoms with Gasteiger partial charge in [0.25, 0.3) is 0 Å². The summed E-state index contributed by atoms with van der Waals surface area (Å²) in [4.78, 5) is 7.01. The van der Waals surface area contributed by atoms with Crippen LogP contribution in [0.25, 0.3) is 0 Å². The van der Waals surface area contributed by atoms with Crippen LogP contribution in [0.15, 0.2) is 35.3 Å². The Balaban J connectivity index is 1.37. The van der Waals surface area contributed by atoms with Gasteiger partial charge < -0.3 is 15.8 Å². The Morgan fingerprint density at radius 1 is 1.22 bits per heavy atom. The largest absolute Gasteiger partial charge is 0.379 e. The van der Waals surface area contributed by atoms with Crippen molar-refractivity contribution in [3.63, 3.8) is 0 Å². The highest BCUT2D eigenvalue weighted by atomic mass is 16.5. The van der Waals surface area contributed by atoms with Crippen molar-refractivity contribution < 1.29 is 4.74 Å². The number of benzene rings is 1. The van der Waals surface area contributed by atoms with Crippen molar-refractivity contribution in [3.05, 3.63) is 35.9 Å². The predicted octanol–water partition coefficient (Wildman–Crippen LogP) is 1.34. The van der Waals surface area contributed by atoms with Gasteiger partial charge in [0.2, 0.25) is 0 Å². The van der Waals surface area contributed by atoms with Gasteiger partial charge in [0, 0.05) is 25.0 Å². The van der Waals surface area contributed by atoms with Crippen LogP contribution in [0.3, 0.4) is 0 Å². The molecule has 5 heteroatoms. The van der Waals surface area contributed by atoms with Gasteiger partial charge in [-0.1, -0.05) is 30.3 Å². The van der Waals surface area contributed by atoms with Crippen molar-refractivity contribution in [2.45, 2.75) is 24.7 Å². The molecule has 0 spiro atoms. The molecule has 1 heterocycles. The van der Waals surface area contributed by atoms with Crippen molar-refractivity contribution in [1.29, 1.82) is 0 Å². The normalized spacial score (nSPS) is 21.1. The summed E-state index contributed by atoms with van der Waals surface area (Å²) in [5.74, 6) is 0.578. The summed E-state index contributed by atoms with van der Waals surface area (Å²) in [5.41, 5.74) is 7.64. The molecule has 0 atom stereocenters. The fourth-order valence-corrected chi connectivity index (χ4v) is 3.12. The molecule has 0 unspecified atom stereocenters. The standard InChI is InChI=1S/C18H28N4O/c19-17(20-9-4-10-22-11-13-23-14-12-22)21-15-18(7-8-18)16-5-2-1-3-6-16/h1-3,5-6H,4,7-15H2,(H3,19,20,21). The zero-order valence-corrected chi connectivity index (χ0v) is 13.8. The maximum atomic E-state index is 6.01. The van der Waals surface area contributed by atoms with Crippen molar-refractivity contribution in [1.82, 2.24) is 10.2 Å². The summed E-state index contributed by atoms with van der Waals surface area (Å²) in [7, 11) is 0. The molecule has 2 aliphatic rings. The van der Waals surface area contributed by atoms with Gasteiger partial charge in [-0.05, 0) is 31.4 Å². The molecule has 1 aromatic carbocycles. The lowest BCUT2D eigenvalue weighted by atomic mass is 9.96. The summed E-state index contributed by atoms with van der Waals surface area (Å²) < 4.78 is 5.35. The highest BCUT2D eigenvalue weighted by Crippen LogP contribution is 2.48. The summed E-state index contributed by atoms with van der Waals surface area (Å²) in [6, 6.07) is 10.7. The predicted molar refractivity (Wildman–Crippen MR) is 93.7 cm³/mol. The average Bonchev–Trinajstić information content (AvgIpc) is 3.40. The van der Waals surface area contributed by atoms with Gasteiger partial charge in [0.05, 0.1) is 19.8 Å². The van der Waals surface area contributed by atoms with Crippen LogP contribution in [0, 0.1) is 0 Å².